The molecule has 0 atom stereocenters. The number of hydrogen-bond donors (Lipinski definition) is 1. The van der Waals surface area contributed by atoms with Gasteiger partial charge >= 0.3 is 0 Å². The third-order valence-corrected chi connectivity index (χ3v) is 2.54. The molecule has 1 aromatic heterocycles. The Labute approximate surface area is 72.0 Å². The maximum atomic E-state index is 5.66. The van der Waals surface area contributed by atoms with Gasteiger partial charge in [-0.05, 0) is 30.9 Å². The van der Waals surface area contributed by atoms with Gasteiger partial charge in [0.15, 0.2) is 0 Å². The number of rotatable bonds is 3. The maximum absolute atomic E-state index is 5.66. The molecule has 0 saturated heterocycles. The summed E-state index contributed by atoms with van der Waals surface area (Å²) in [6.45, 7) is 0.769. The molecule has 1 aliphatic carbocycles. The van der Waals surface area contributed by atoms with E-state index in [1.54, 1.807) is 12.4 Å². The monoisotopic (exact) mass is 163 g/mol. The summed E-state index contributed by atoms with van der Waals surface area (Å²) in [5.41, 5.74) is 6.01. The van der Waals surface area contributed by atoms with E-state index in [1.807, 2.05) is 6.07 Å². The van der Waals surface area contributed by atoms with Crippen LogP contribution in [-0.2, 0) is 6.42 Å². The molecule has 0 radical (unpaired) electrons. The molecule has 2 rings (SSSR count). The van der Waals surface area contributed by atoms with Crippen LogP contribution >= 0.6 is 0 Å². The fourth-order valence-corrected chi connectivity index (χ4v) is 1.39. The zero-order valence-corrected chi connectivity index (χ0v) is 7.03. The first-order valence-corrected chi connectivity index (χ1v) is 4.31. The summed E-state index contributed by atoms with van der Waals surface area (Å²) >= 11 is 0. The summed E-state index contributed by atoms with van der Waals surface area (Å²) in [6, 6.07) is 1.84. The fourth-order valence-electron chi connectivity index (χ4n) is 1.39. The summed E-state index contributed by atoms with van der Waals surface area (Å²) < 4.78 is 0. The van der Waals surface area contributed by atoms with Gasteiger partial charge in [-0.3, -0.25) is 0 Å². The van der Waals surface area contributed by atoms with Crippen molar-refractivity contribution in [1.82, 2.24) is 9.97 Å². The normalized spacial score (nSPS) is 19.1. The van der Waals surface area contributed by atoms with Gasteiger partial charge < -0.3 is 5.73 Å². The second-order valence-electron chi connectivity index (χ2n) is 3.55. The van der Waals surface area contributed by atoms with E-state index in [1.165, 1.54) is 12.8 Å². The van der Waals surface area contributed by atoms with Crippen LogP contribution in [0.2, 0.25) is 0 Å². The van der Waals surface area contributed by atoms with Crippen LogP contribution in [0, 0.1) is 5.41 Å². The van der Waals surface area contributed by atoms with Gasteiger partial charge in [0.1, 0.15) is 5.82 Å². The fraction of sp³-hybridized carbons (Fsp3) is 0.556. The maximum Gasteiger partial charge on any atom is 0.128 e. The van der Waals surface area contributed by atoms with Crippen LogP contribution in [0.25, 0.3) is 0 Å². The van der Waals surface area contributed by atoms with Crippen molar-refractivity contribution < 1.29 is 0 Å². The van der Waals surface area contributed by atoms with Crippen molar-refractivity contribution in [3.8, 4) is 0 Å². The quantitative estimate of drug-likeness (QED) is 0.715. The first-order valence-electron chi connectivity index (χ1n) is 4.31. The molecule has 64 valence electrons. The Hall–Kier alpha value is -0.960. The lowest BCUT2D eigenvalue weighted by Crippen LogP contribution is -2.19. The molecule has 0 aliphatic heterocycles. The summed E-state index contributed by atoms with van der Waals surface area (Å²) in [5.74, 6) is 0.931. The van der Waals surface area contributed by atoms with Crippen molar-refractivity contribution in [2.75, 3.05) is 6.54 Å². The van der Waals surface area contributed by atoms with Crippen molar-refractivity contribution in [3.05, 3.63) is 24.3 Å². The lowest BCUT2D eigenvalue weighted by Gasteiger charge is -2.09. The number of aromatic nitrogens is 2. The highest BCUT2D eigenvalue weighted by molar-refractivity contribution is 5.02. The number of nitrogens with two attached hydrogens (primary N) is 1. The highest BCUT2D eigenvalue weighted by Crippen LogP contribution is 2.46. The Balaban J connectivity index is 2.04. The van der Waals surface area contributed by atoms with Crippen LogP contribution in [0.5, 0.6) is 0 Å². The summed E-state index contributed by atoms with van der Waals surface area (Å²) in [7, 11) is 0. The van der Waals surface area contributed by atoms with Crippen molar-refractivity contribution in [2.45, 2.75) is 19.3 Å². The zero-order valence-electron chi connectivity index (χ0n) is 7.03. The smallest absolute Gasteiger partial charge is 0.128 e. The molecule has 1 aliphatic rings. The van der Waals surface area contributed by atoms with E-state index in [2.05, 4.69) is 9.97 Å². The third-order valence-electron chi connectivity index (χ3n) is 2.54. The Morgan fingerprint density at radius 3 is 2.50 bits per heavy atom. The van der Waals surface area contributed by atoms with Crippen LogP contribution in [0.15, 0.2) is 18.5 Å². The van der Waals surface area contributed by atoms with E-state index >= 15 is 0 Å². The Morgan fingerprint density at radius 2 is 2.00 bits per heavy atom. The molecule has 3 heteroatoms. The van der Waals surface area contributed by atoms with E-state index in [-0.39, 0.29) is 0 Å². The summed E-state index contributed by atoms with van der Waals surface area (Å²) in [6.07, 6.45) is 7.00. The second-order valence-corrected chi connectivity index (χ2v) is 3.55. The van der Waals surface area contributed by atoms with E-state index in [9.17, 15) is 0 Å². The molecule has 1 saturated carbocycles. The second kappa shape index (κ2) is 2.83. The molecule has 0 aromatic carbocycles. The number of nitrogens with zero attached hydrogens (tertiary/aromatic N) is 2. The topological polar surface area (TPSA) is 51.8 Å². The molecule has 1 aromatic rings. The first kappa shape index (κ1) is 7.68. The lowest BCUT2D eigenvalue weighted by molar-refractivity contribution is 0.505. The molecule has 0 spiro atoms. The predicted molar refractivity (Wildman–Crippen MR) is 46.5 cm³/mol. The molecule has 0 amide bonds. The molecule has 0 bridgehead atoms. The molecule has 0 unspecified atom stereocenters. The average molecular weight is 163 g/mol. The van der Waals surface area contributed by atoms with Gasteiger partial charge in [0.05, 0.1) is 0 Å². The van der Waals surface area contributed by atoms with Gasteiger partial charge in [-0.2, -0.15) is 0 Å². The minimum absolute atomic E-state index is 0.349. The highest BCUT2D eigenvalue weighted by atomic mass is 14.9. The molecular weight excluding hydrogens is 150 g/mol. The molecule has 12 heavy (non-hydrogen) atoms. The van der Waals surface area contributed by atoms with Crippen molar-refractivity contribution in [1.29, 1.82) is 0 Å². The van der Waals surface area contributed by atoms with Crippen molar-refractivity contribution >= 4 is 0 Å². The van der Waals surface area contributed by atoms with Crippen molar-refractivity contribution in [2.24, 2.45) is 11.1 Å². The SMILES string of the molecule is NCC1(Cc2ncccn2)CC1. The largest absolute Gasteiger partial charge is 0.330 e. The molecule has 1 heterocycles. The van der Waals surface area contributed by atoms with E-state index in [0.717, 1.165) is 18.8 Å². The Morgan fingerprint density at radius 1 is 1.33 bits per heavy atom. The molecule has 3 nitrogen and oxygen atoms in total. The van der Waals surface area contributed by atoms with Crippen LogP contribution in [0.1, 0.15) is 18.7 Å². The van der Waals surface area contributed by atoms with Gasteiger partial charge in [-0.25, -0.2) is 9.97 Å². The highest BCUT2D eigenvalue weighted by Gasteiger charge is 2.41. The van der Waals surface area contributed by atoms with Gasteiger partial charge in [0, 0.05) is 18.8 Å². The van der Waals surface area contributed by atoms with E-state index < -0.39 is 0 Å². The summed E-state index contributed by atoms with van der Waals surface area (Å²) in [4.78, 5) is 8.37. The summed E-state index contributed by atoms with van der Waals surface area (Å²) in [5, 5.41) is 0. The van der Waals surface area contributed by atoms with Gasteiger partial charge in [0.25, 0.3) is 0 Å². The Bertz CT molecular complexity index is 254. The lowest BCUT2D eigenvalue weighted by atomic mass is 10.0. The molecular formula is C9H13N3. The minimum atomic E-state index is 0.349. The standard InChI is InChI=1S/C9H13N3/c10-7-9(2-3-9)6-8-11-4-1-5-12-8/h1,4-5H,2-3,6-7,10H2. The molecule has 1 fully saturated rings. The predicted octanol–water partition coefficient (Wildman–Crippen LogP) is 0.758. The Kier molecular flexibility index (Phi) is 1.81. The van der Waals surface area contributed by atoms with Gasteiger partial charge in [-0.1, -0.05) is 0 Å². The molecule has 2 N–H and O–H groups in total. The van der Waals surface area contributed by atoms with Crippen LogP contribution in [0.3, 0.4) is 0 Å². The van der Waals surface area contributed by atoms with E-state index in [4.69, 9.17) is 5.73 Å². The average Bonchev–Trinajstić information content (AvgIpc) is 2.88. The van der Waals surface area contributed by atoms with Crippen LogP contribution in [0.4, 0.5) is 0 Å². The van der Waals surface area contributed by atoms with Gasteiger partial charge in [-0.15, -0.1) is 0 Å². The third kappa shape index (κ3) is 1.46. The van der Waals surface area contributed by atoms with Crippen molar-refractivity contribution in [3.63, 3.8) is 0 Å². The van der Waals surface area contributed by atoms with Crippen LogP contribution < -0.4 is 5.73 Å². The van der Waals surface area contributed by atoms with E-state index in [0.29, 0.717) is 5.41 Å². The zero-order chi connectivity index (χ0) is 8.44. The van der Waals surface area contributed by atoms with Gasteiger partial charge in [0.2, 0.25) is 0 Å². The van der Waals surface area contributed by atoms with Crippen LogP contribution in [-0.4, -0.2) is 16.5 Å². The number of hydrogen-bond acceptors (Lipinski definition) is 3. The minimum Gasteiger partial charge on any atom is -0.330 e. The first-order chi connectivity index (χ1) is 5.85.